The van der Waals surface area contributed by atoms with Crippen LogP contribution in [0.2, 0.25) is 0 Å². The molecule has 6 nitrogen and oxygen atoms in total. The van der Waals surface area contributed by atoms with E-state index in [0.29, 0.717) is 18.4 Å². The van der Waals surface area contributed by atoms with E-state index in [1.807, 2.05) is 12.4 Å². The van der Waals surface area contributed by atoms with Crippen molar-refractivity contribution in [3.8, 4) is 11.3 Å². The van der Waals surface area contributed by atoms with E-state index >= 15 is 0 Å². The van der Waals surface area contributed by atoms with E-state index in [4.69, 9.17) is 14.2 Å². The van der Waals surface area contributed by atoms with Crippen molar-refractivity contribution in [3.05, 3.63) is 54.1 Å². The number of rotatable bonds is 5. The first-order valence-electron chi connectivity index (χ1n) is 9.89. The lowest BCUT2D eigenvalue weighted by Gasteiger charge is -2.14. The van der Waals surface area contributed by atoms with Gasteiger partial charge < -0.3 is 13.8 Å². The smallest absolute Gasteiger partial charge is 0.229 e. The maximum absolute atomic E-state index is 5.66. The molecule has 2 aliphatic rings. The van der Waals surface area contributed by atoms with Gasteiger partial charge in [0.15, 0.2) is 5.82 Å². The lowest BCUT2D eigenvalue weighted by atomic mass is 9.99. The van der Waals surface area contributed by atoms with E-state index < -0.39 is 0 Å². The van der Waals surface area contributed by atoms with E-state index in [0.717, 1.165) is 55.4 Å². The average molecular weight is 364 g/mol. The Bertz CT molecular complexity index is 890. The molecule has 1 saturated heterocycles. The predicted octanol–water partition coefficient (Wildman–Crippen LogP) is 4.14. The van der Waals surface area contributed by atoms with E-state index in [2.05, 4.69) is 39.0 Å². The molecule has 1 aliphatic carbocycles. The van der Waals surface area contributed by atoms with Gasteiger partial charge in [-0.1, -0.05) is 48.3 Å². The Labute approximate surface area is 158 Å². The maximum atomic E-state index is 5.66. The van der Waals surface area contributed by atoms with Gasteiger partial charge in [-0.15, -0.1) is 0 Å². The fourth-order valence-corrected chi connectivity index (χ4v) is 4.34. The Balaban J connectivity index is 1.46. The molecular formula is C21H24N4O2. The zero-order valence-electron chi connectivity index (χ0n) is 15.4. The van der Waals surface area contributed by atoms with Crippen LogP contribution in [0.1, 0.15) is 61.3 Å². The third kappa shape index (κ3) is 3.30. The molecule has 2 fully saturated rings. The molecule has 5 rings (SSSR count). The molecule has 3 heterocycles. The highest BCUT2D eigenvalue weighted by atomic mass is 16.5. The van der Waals surface area contributed by atoms with Crippen molar-refractivity contribution in [2.24, 2.45) is 0 Å². The first-order valence-corrected chi connectivity index (χ1v) is 9.89. The topological polar surface area (TPSA) is 66.0 Å². The summed E-state index contributed by atoms with van der Waals surface area (Å²) < 4.78 is 13.4. The fraction of sp³-hybridized carbons (Fsp3) is 0.476. The summed E-state index contributed by atoms with van der Waals surface area (Å²) in [6.07, 6.45) is 7.77. The van der Waals surface area contributed by atoms with Crippen LogP contribution in [0.4, 0.5) is 0 Å². The van der Waals surface area contributed by atoms with E-state index in [1.165, 1.54) is 18.5 Å². The van der Waals surface area contributed by atoms with E-state index in [1.54, 1.807) is 0 Å². The quantitative estimate of drug-likeness (QED) is 0.681. The number of hydrogen-bond donors (Lipinski definition) is 0. The molecule has 27 heavy (non-hydrogen) atoms. The highest BCUT2D eigenvalue weighted by Crippen LogP contribution is 2.35. The molecular weight excluding hydrogens is 340 g/mol. The largest absolute Gasteiger partial charge is 0.381 e. The number of imidazole rings is 1. The second-order valence-corrected chi connectivity index (χ2v) is 7.56. The first-order chi connectivity index (χ1) is 13.4. The zero-order valence-corrected chi connectivity index (χ0v) is 15.4. The molecule has 1 aliphatic heterocycles. The van der Waals surface area contributed by atoms with Gasteiger partial charge in [-0.2, -0.15) is 4.98 Å². The fourth-order valence-electron chi connectivity index (χ4n) is 4.34. The standard InChI is InChI=1S/C21H24N4O2/c1-2-6-15(7-3-1)19-20(17-10-11-26-13-17)25(14-22-19)12-18-23-21(27-24-18)16-8-4-5-9-16/h1-3,6-7,14,16-17H,4-5,8-13H2/t17-/m1/s1. The third-order valence-corrected chi connectivity index (χ3v) is 5.74. The summed E-state index contributed by atoms with van der Waals surface area (Å²) in [6, 6.07) is 10.4. The van der Waals surface area contributed by atoms with Crippen LogP contribution in [0.15, 0.2) is 41.2 Å². The van der Waals surface area contributed by atoms with Crippen molar-refractivity contribution >= 4 is 0 Å². The normalized spacial score (nSPS) is 20.5. The molecule has 3 aromatic rings. The summed E-state index contributed by atoms with van der Waals surface area (Å²) in [5.41, 5.74) is 3.38. The molecule has 2 aromatic heterocycles. The van der Waals surface area contributed by atoms with Crippen LogP contribution in [0, 0.1) is 0 Å². The van der Waals surface area contributed by atoms with Crippen LogP contribution in [-0.2, 0) is 11.3 Å². The van der Waals surface area contributed by atoms with Gasteiger partial charge in [0.25, 0.3) is 0 Å². The van der Waals surface area contributed by atoms with E-state index in [-0.39, 0.29) is 0 Å². The van der Waals surface area contributed by atoms with Crippen molar-refractivity contribution < 1.29 is 9.26 Å². The number of hydrogen-bond acceptors (Lipinski definition) is 5. The highest BCUT2D eigenvalue weighted by molar-refractivity contribution is 5.62. The molecule has 140 valence electrons. The Morgan fingerprint density at radius 1 is 1.04 bits per heavy atom. The van der Waals surface area contributed by atoms with Crippen LogP contribution in [0.3, 0.4) is 0 Å². The average Bonchev–Trinajstić information content (AvgIpc) is 3.48. The Kier molecular flexibility index (Phi) is 4.49. The first kappa shape index (κ1) is 16.7. The van der Waals surface area contributed by atoms with Gasteiger partial charge in [0.1, 0.15) is 0 Å². The predicted molar refractivity (Wildman–Crippen MR) is 100 cm³/mol. The minimum atomic E-state index is 0.351. The summed E-state index contributed by atoms with van der Waals surface area (Å²) in [7, 11) is 0. The van der Waals surface area contributed by atoms with E-state index in [9.17, 15) is 0 Å². The molecule has 1 aromatic carbocycles. The minimum absolute atomic E-state index is 0.351. The van der Waals surface area contributed by atoms with Crippen LogP contribution < -0.4 is 0 Å². The molecule has 0 radical (unpaired) electrons. The lowest BCUT2D eigenvalue weighted by Crippen LogP contribution is -2.10. The van der Waals surface area contributed by atoms with Gasteiger partial charge in [-0.25, -0.2) is 4.98 Å². The monoisotopic (exact) mass is 364 g/mol. The van der Waals surface area contributed by atoms with Gasteiger partial charge in [-0.05, 0) is 19.3 Å². The number of ether oxygens (including phenoxy) is 1. The van der Waals surface area contributed by atoms with Gasteiger partial charge in [0.05, 0.1) is 30.9 Å². The van der Waals surface area contributed by atoms with Gasteiger partial charge in [-0.3, -0.25) is 0 Å². The molecule has 6 heteroatoms. The van der Waals surface area contributed by atoms with Crippen molar-refractivity contribution in [3.63, 3.8) is 0 Å². The number of nitrogens with zero attached hydrogens (tertiary/aromatic N) is 4. The summed E-state index contributed by atoms with van der Waals surface area (Å²) in [5, 5.41) is 4.24. The molecule has 0 N–H and O–H groups in total. The van der Waals surface area contributed by atoms with Crippen LogP contribution in [0.25, 0.3) is 11.3 Å². The second-order valence-electron chi connectivity index (χ2n) is 7.56. The van der Waals surface area contributed by atoms with Gasteiger partial charge >= 0.3 is 0 Å². The summed E-state index contributed by atoms with van der Waals surface area (Å²) >= 11 is 0. The maximum Gasteiger partial charge on any atom is 0.229 e. The van der Waals surface area contributed by atoms with Crippen molar-refractivity contribution in [1.82, 2.24) is 19.7 Å². The number of benzene rings is 1. The van der Waals surface area contributed by atoms with Gasteiger partial charge in [0, 0.05) is 24.0 Å². The van der Waals surface area contributed by atoms with Crippen molar-refractivity contribution in [1.29, 1.82) is 0 Å². The zero-order chi connectivity index (χ0) is 18.1. The SMILES string of the molecule is c1ccc(-c2ncn(Cc3noc(C4CCCC4)n3)c2[C@@H]2CCOC2)cc1. The van der Waals surface area contributed by atoms with Gasteiger partial charge in [0.2, 0.25) is 5.89 Å². The molecule has 1 saturated carbocycles. The molecule has 0 amide bonds. The molecule has 0 unspecified atom stereocenters. The Hall–Kier alpha value is -2.47. The minimum Gasteiger partial charge on any atom is -0.381 e. The summed E-state index contributed by atoms with van der Waals surface area (Å²) in [6.45, 7) is 2.13. The van der Waals surface area contributed by atoms with Crippen molar-refractivity contribution in [2.45, 2.75) is 50.5 Å². The highest BCUT2D eigenvalue weighted by Gasteiger charge is 2.27. The molecule has 1 atom stereocenters. The van der Waals surface area contributed by atoms with Crippen LogP contribution in [-0.4, -0.2) is 32.9 Å². The summed E-state index contributed by atoms with van der Waals surface area (Å²) in [4.78, 5) is 9.41. The summed E-state index contributed by atoms with van der Waals surface area (Å²) in [5.74, 6) is 2.33. The Morgan fingerprint density at radius 2 is 1.89 bits per heavy atom. The van der Waals surface area contributed by atoms with Crippen LogP contribution in [0.5, 0.6) is 0 Å². The molecule has 0 spiro atoms. The number of aromatic nitrogens is 4. The van der Waals surface area contributed by atoms with Crippen molar-refractivity contribution in [2.75, 3.05) is 13.2 Å². The van der Waals surface area contributed by atoms with Crippen LogP contribution >= 0.6 is 0 Å². The second kappa shape index (κ2) is 7.27. The lowest BCUT2D eigenvalue weighted by molar-refractivity contribution is 0.193. The molecule has 0 bridgehead atoms. The third-order valence-electron chi connectivity index (χ3n) is 5.74. The Morgan fingerprint density at radius 3 is 2.67 bits per heavy atom.